The summed E-state index contributed by atoms with van der Waals surface area (Å²) in [4.78, 5) is 12.2. The lowest BCUT2D eigenvalue weighted by Gasteiger charge is -2.39. The third-order valence-corrected chi connectivity index (χ3v) is 2.95. The van der Waals surface area contributed by atoms with Gasteiger partial charge < -0.3 is 9.88 Å². The van der Waals surface area contributed by atoms with Crippen LogP contribution in [0, 0.1) is 0 Å². The molecule has 1 aliphatic rings. The number of anilines is 1. The monoisotopic (exact) mass is 194 g/mol. The predicted octanol–water partition coefficient (Wildman–Crippen LogP) is 0.940. The first kappa shape index (κ1) is 9.52. The zero-order valence-corrected chi connectivity index (χ0v) is 8.90. The van der Waals surface area contributed by atoms with Gasteiger partial charge in [0.15, 0.2) is 0 Å². The number of hydrogen-bond acceptors (Lipinski definition) is 3. The largest absolute Gasteiger partial charge is 0.340 e. The van der Waals surface area contributed by atoms with Crippen molar-refractivity contribution in [3.63, 3.8) is 0 Å². The van der Waals surface area contributed by atoms with E-state index in [1.165, 1.54) is 0 Å². The molecule has 1 atom stereocenters. The van der Waals surface area contributed by atoms with Crippen LogP contribution in [0.25, 0.3) is 0 Å². The van der Waals surface area contributed by atoms with Gasteiger partial charge >= 0.3 is 0 Å². The molecule has 0 amide bonds. The second-order valence-corrected chi connectivity index (χ2v) is 3.84. The molecule has 14 heavy (non-hydrogen) atoms. The molecule has 4 heteroatoms. The summed E-state index contributed by atoms with van der Waals surface area (Å²) >= 11 is 0. The van der Waals surface area contributed by atoms with Crippen molar-refractivity contribution >= 4 is 5.95 Å². The van der Waals surface area contributed by atoms with Crippen molar-refractivity contribution in [2.45, 2.75) is 19.9 Å². The Morgan fingerprint density at radius 1 is 1.57 bits per heavy atom. The minimum absolute atomic E-state index is 0.624. The molecule has 4 nitrogen and oxygen atoms in total. The molecule has 0 saturated carbocycles. The van der Waals surface area contributed by atoms with E-state index in [9.17, 15) is 0 Å². The summed E-state index contributed by atoms with van der Waals surface area (Å²) in [5, 5.41) is 0. The van der Waals surface area contributed by atoms with Gasteiger partial charge in [-0.3, -0.25) is 4.90 Å². The van der Waals surface area contributed by atoms with Crippen molar-refractivity contribution in [2.24, 2.45) is 0 Å². The standard InChI is InChI=1S/C10H18N4/c1-3-13-6-7-14(8-9(13)2)10-11-4-5-12-10/h4-5,9H,3,6-8H2,1-2H3,(H,11,12). The number of likely N-dealkylation sites (N-methyl/N-ethyl adjacent to an activating group) is 1. The Hall–Kier alpha value is -1.03. The molecule has 1 fully saturated rings. The van der Waals surface area contributed by atoms with Crippen LogP contribution in [0.5, 0.6) is 0 Å². The second kappa shape index (κ2) is 4.00. The number of aromatic amines is 1. The third-order valence-electron chi connectivity index (χ3n) is 2.95. The Balaban J connectivity index is 1.99. The highest BCUT2D eigenvalue weighted by atomic mass is 15.3. The van der Waals surface area contributed by atoms with Crippen LogP contribution >= 0.6 is 0 Å². The van der Waals surface area contributed by atoms with Gasteiger partial charge in [0, 0.05) is 38.1 Å². The van der Waals surface area contributed by atoms with E-state index < -0.39 is 0 Å². The highest BCUT2D eigenvalue weighted by molar-refractivity contribution is 5.30. The number of rotatable bonds is 2. The van der Waals surface area contributed by atoms with E-state index >= 15 is 0 Å². The maximum absolute atomic E-state index is 4.28. The molecule has 1 aliphatic heterocycles. The van der Waals surface area contributed by atoms with E-state index in [4.69, 9.17) is 0 Å². The average molecular weight is 194 g/mol. The van der Waals surface area contributed by atoms with Gasteiger partial charge in [0.2, 0.25) is 5.95 Å². The van der Waals surface area contributed by atoms with Crippen LogP contribution in [0.1, 0.15) is 13.8 Å². The van der Waals surface area contributed by atoms with Gasteiger partial charge in [-0.1, -0.05) is 6.92 Å². The molecule has 1 aromatic rings. The molecule has 1 saturated heterocycles. The molecular formula is C10H18N4. The molecule has 1 N–H and O–H groups in total. The Labute approximate surface area is 84.9 Å². The first-order valence-corrected chi connectivity index (χ1v) is 5.29. The maximum Gasteiger partial charge on any atom is 0.202 e. The lowest BCUT2D eigenvalue weighted by molar-refractivity contribution is 0.198. The summed E-state index contributed by atoms with van der Waals surface area (Å²) in [6.07, 6.45) is 3.69. The van der Waals surface area contributed by atoms with Crippen LogP contribution in [-0.2, 0) is 0 Å². The first-order chi connectivity index (χ1) is 6.81. The van der Waals surface area contributed by atoms with E-state index in [1.54, 1.807) is 0 Å². The van der Waals surface area contributed by atoms with Gasteiger partial charge in [-0.25, -0.2) is 4.98 Å². The molecule has 2 heterocycles. The van der Waals surface area contributed by atoms with Crippen LogP contribution in [0.4, 0.5) is 5.95 Å². The molecule has 0 aromatic carbocycles. The zero-order valence-electron chi connectivity index (χ0n) is 8.90. The van der Waals surface area contributed by atoms with Crippen LogP contribution in [-0.4, -0.2) is 47.1 Å². The number of imidazole rings is 1. The number of aromatic nitrogens is 2. The number of piperazine rings is 1. The lowest BCUT2D eigenvalue weighted by Crippen LogP contribution is -2.52. The normalized spacial score (nSPS) is 24.1. The van der Waals surface area contributed by atoms with Crippen molar-refractivity contribution in [3.8, 4) is 0 Å². The van der Waals surface area contributed by atoms with Crippen LogP contribution < -0.4 is 4.90 Å². The van der Waals surface area contributed by atoms with Crippen molar-refractivity contribution in [2.75, 3.05) is 31.1 Å². The Bertz CT molecular complexity index is 270. The molecule has 0 aliphatic carbocycles. The maximum atomic E-state index is 4.28. The minimum atomic E-state index is 0.624. The van der Waals surface area contributed by atoms with Crippen LogP contribution in [0.2, 0.25) is 0 Å². The molecule has 1 aromatic heterocycles. The van der Waals surface area contributed by atoms with Gasteiger partial charge in [-0.15, -0.1) is 0 Å². The van der Waals surface area contributed by atoms with Gasteiger partial charge in [0.05, 0.1) is 0 Å². The van der Waals surface area contributed by atoms with E-state index in [1.807, 2.05) is 12.4 Å². The quantitative estimate of drug-likeness (QED) is 0.761. The fraction of sp³-hybridized carbons (Fsp3) is 0.700. The Morgan fingerprint density at radius 2 is 2.43 bits per heavy atom. The SMILES string of the molecule is CCN1CCN(c2ncc[nH]2)CC1C. The molecule has 0 bridgehead atoms. The summed E-state index contributed by atoms with van der Waals surface area (Å²) < 4.78 is 0. The average Bonchev–Trinajstić information content (AvgIpc) is 2.70. The third kappa shape index (κ3) is 1.75. The van der Waals surface area contributed by atoms with E-state index in [2.05, 4.69) is 33.6 Å². The summed E-state index contributed by atoms with van der Waals surface area (Å²) in [6, 6.07) is 0.624. The minimum Gasteiger partial charge on any atom is -0.340 e. The van der Waals surface area contributed by atoms with Gasteiger partial charge in [-0.05, 0) is 13.5 Å². The van der Waals surface area contributed by atoms with Gasteiger partial charge in [-0.2, -0.15) is 0 Å². The topological polar surface area (TPSA) is 35.2 Å². The summed E-state index contributed by atoms with van der Waals surface area (Å²) in [5.41, 5.74) is 0. The van der Waals surface area contributed by atoms with Crippen LogP contribution in [0.15, 0.2) is 12.4 Å². The highest BCUT2D eigenvalue weighted by Crippen LogP contribution is 2.13. The Kier molecular flexibility index (Phi) is 2.72. The molecule has 2 rings (SSSR count). The Morgan fingerprint density at radius 3 is 3.00 bits per heavy atom. The van der Waals surface area contributed by atoms with Crippen molar-refractivity contribution < 1.29 is 0 Å². The summed E-state index contributed by atoms with van der Waals surface area (Å²) in [5.74, 6) is 1.01. The summed E-state index contributed by atoms with van der Waals surface area (Å²) in [6.45, 7) is 8.93. The van der Waals surface area contributed by atoms with Gasteiger partial charge in [0.1, 0.15) is 0 Å². The molecule has 78 valence electrons. The number of nitrogens with one attached hydrogen (secondary N) is 1. The second-order valence-electron chi connectivity index (χ2n) is 3.84. The van der Waals surface area contributed by atoms with Crippen LogP contribution in [0.3, 0.4) is 0 Å². The zero-order chi connectivity index (χ0) is 9.97. The smallest absolute Gasteiger partial charge is 0.202 e. The molecule has 0 spiro atoms. The van der Waals surface area contributed by atoms with E-state index in [0.717, 1.165) is 32.1 Å². The molecule has 0 radical (unpaired) electrons. The van der Waals surface area contributed by atoms with Crippen molar-refractivity contribution in [1.29, 1.82) is 0 Å². The number of hydrogen-bond donors (Lipinski definition) is 1. The summed E-state index contributed by atoms with van der Waals surface area (Å²) in [7, 11) is 0. The van der Waals surface area contributed by atoms with Crippen molar-refractivity contribution in [1.82, 2.24) is 14.9 Å². The molecule has 1 unspecified atom stereocenters. The van der Waals surface area contributed by atoms with E-state index in [-0.39, 0.29) is 0 Å². The number of nitrogens with zero attached hydrogens (tertiary/aromatic N) is 3. The predicted molar refractivity (Wildman–Crippen MR) is 57.5 cm³/mol. The first-order valence-electron chi connectivity index (χ1n) is 5.29. The number of H-pyrrole nitrogens is 1. The van der Waals surface area contributed by atoms with Gasteiger partial charge in [0.25, 0.3) is 0 Å². The fourth-order valence-electron chi connectivity index (χ4n) is 2.09. The van der Waals surface area contributed by atoms with Crippen molar-refractivity contribution in [3.05, 3.63) is 12.4 Å². The molecular weight excluding hydrogens is 176 g/mol. The fourth-order valence-corrected chi connectivity index (χ4v) is 2.09. The van der Waals surface area contributed by atoms with E-state index in [0.29, 0.717) is 6.04 Å². The lowest BCUT2D eigenvalue weighted by atomic mass is 10.2. The highest BCUT2D eigenvalue weighted by Gasteiger charge is 2.23.